The Bertz CT molecular complexity index is 374. The standard InChI is InChI=1S/C14H20FNO/c15-12-6-4-5-11(9-12)13(17)14(10-16)7-2-1-3-8-14/h4-6,9,13,17H,1-3,7-8,10,16H2. The first-order valence-electron chi connectivity index (χ1n) is 6.31. The maximum Gasteiger partial charge on any atom is 0.123 e. The van der Waals surface area contributed by atoms with Crippen LogP contribution in [0.1, 0.15) is 43.8 Å². The number of halogens is 1. The van der Waals surface area contributed by atoms with E-state index in [1.165, 1.54) is 18.6 Å². The Balaban J connectivity index is 2.24. The molecule has 1 aliphatic rings. The van der Waals surface area contributed by atoms with E-state index in [1.54, 1.807) is 12.1 Å². The highest BCUT2D eigenvalue weighted by Crippen LogP contribution is 2.45. The van der Waals surface area contributed by atoms with Crippen molar-refractivity contribution in [2.75, 3.05) is 6.54 Å². The molecular weight excluding hydrogens is 217 g/mol. The molecule has 1 saturated carbocycles. The van der Waals surface area contributed by atoms with Crippen LogP contribution < -0.4 is 5.73 Å². The largest absolute Gasteiger partial charge is 0.388 e. The molecule has 0 aromatic heterocycles. The monoisotopic (exact) mass is 237 g/mol. The van der Waals surface area contributed by atoms with Gasteiger partial charge in [-0.1, -0.05) is 31.4 Å². The zero-order valence-corrected chi connectivity index (χ0v) is 10.0. The number of nitrogens with two attached hydrogens (primary N) is 1. The molecule has 17 heavy (non-hydrogen) atoms. The van der Waals surface area contributed by atoms with E-state index < -0.39 is 6.10 Å². The summed E-state index contributed by atoms with van der Waals surface area (Å²) in [4.78, 5) is 0. The number of rotatable bonds is 3. The molecular formula is C14H20FNO. The molecule has 3 N–H and O–H groups in total. The van der Waals surface area contributed by atoms with Gasteiger partial charge in [0.15, 0.2) is 0 Å². The van der Waals surface area contributed by atoms with E-state index in [0.717, 1.165) is 25.7 Å². The Morgan fingerprint density at radius 1 is 1.29 bits per heavy atom. The van der Waals surface area contributed by atoms with Gasteiger partial charge in [-0.3, -0.25) is 0 Å². The first-order valence-corrected chi connectivity index (χ1v) is 6.31. The molecule has 3 heteroatoms. The highest BCUT2D eigenvalue weighted by atomic mass is 19.1. The Labute approximate surface area is 102 Å². The molecule has 0 amide bonds. The fourth-order valence-electron chi connectivity index (χ4n) is 2.88. The molecule has 2 rings (SSSR count). The minimum absolute atomic E-state index is 0.258. The fraction of sp³-hybridized carbons (Fsp3) is 0.571. The van der Waals surface area contributed by atoms with Crippen molar-refractivity contribution in [2.45, 2.75) is 38.2 Å². The summed E-state index contributed by atoms with van der Waals surface area (Å²) in [5, 5.41) is 10.5. The van der Waals surface area contributed by atoms with Crippen molar-refractivity contribution < 1.29 is 9.50 Å². The fourth-order valence-corrected chi connectivity index (χ4v) is 2.88. The number of aliphatic hydroxyl groups excluding tert-OH is 1. The second-order valence-electron chi connectivity index (χ2n) is 5.08. The molecule has 1 aliphatic carbocycles. The first kappa shape index (κ1) is 12.5. The average molecular weight is 237 g/mol. The van der Waals surface area contributed by atoms with Crippen molar-refractivity contribution in [1.82, 2.24) is 0 Å². The minimum Gasteiger partial charge on any atom is -0.388 e. The van der Waals surface area contributed by atoms with Crippen molar-refractivity contribution in [3.63, 3.8) is 0 Å². The normalized spacial score (nSPS) is 21.1. The molecule has 0 bridgehead atoms. The van der Waals surface area contributed by atoms with E-state index in [2.05, 4.69) is 0 Å². The number of aliphatic hydroxyl groups is 1. The van der Waals surface area contributed by atoms with Gasteiger partial charge >= 0.3 is 0 Å². The lowest BCUT2D eigenvalue weighted by Crippen LogP contribution is -2.38. The first-order chi connectivity index (χ1) is 8.18. The highest BCUT2D eigenvalue weighted by molar-refractivity contribution is 5.21. The number of benzene rings is 1. The van der Waals surface area contributed by atoms with Gasteiger partial charge in [-0.2, -0.15) is 0 Å². The van der Waals surface area contributed by atoms with Gasteiger partial charge in [0.25, 0.3) is 0 Å². The third-order valence-corrected chi connectivity index (χ3v) is 4.00. The second-order valence-corrected chi connectivity index (χ2v) is 5.08. The van der Waals surface area contributed by atoms with Gasteiger partial charge in [-0.15, -0.1) is 0 Å². The summed E-state index contributed by atoms with van der Waals surface area (Å²) in [5.74, 6) is -0.301. The van der Waals surface area contributed by atoms with Crippen LogP contribution in [-0.4, -0.2) is 11.7 Å². The van der Waals surface area contributed by atoms with Crippen LogP contribution in [0.3, 0.4) is 0 Å². The Kier molecular flexibility index (Phi) is 3.79. The van der Waals surface area contributed by atoms with Gasteiger partial charge < -0.3 is 10.8 Å². The summed E-state index contributed by atoms with van der Waals surface area (Å²) in [6.07, 6.45) is 4.62. The predicted molar refractivity (Wildman–Crippen MR) is 65.9 cm³/mol. The minimum atomic E-state index is -0.650. The topological polar surface area (TPSA) is 46.2 Å². The van der Waals surface area contributed by atoms with Crippen LogP contribution in [-0.2, 0) is 0 Å². The number of hydrogen-bond donors (Lipinski definition) is 2. The van der Waals surface area contributed by atoms with Gasteiger partial charge in [0.1, 0.15) is 5.82 Å². The van der Waals surface area contributed by atoms with E-state index in [0.29, 0.717) is 12.1 Å². The van der Waals surface area contributed by atoms with Crippen LogP contribution in [0, 0.1) is 11.2 Å². The molecule has 0 saturated heterocycles. The lowest BCUT2D eigenvalue weighted by molar-refractivity contribution is 0.000522. The maximum atomic E-state index is 13.2. The third kappa shape index (κ3) is 2.50. The molecule has 0 radical (unpaired) electrons. The maximum absolute atomic E-state index is 13.2. The highest BCUT2D eigenvalue weighted by Gasteiger charge is 2.38. The zero-order chi connectivity index (χ0) is 12.3. The lowest BCUT2D eigenvalue weighted by Gasteiger charge is -2.40. The van der Waals surface area contributed by atoms with Crippen molar-refractivity contribution >= 4 is 0 Å². The molecule has 2 nitrogen and oxygen atoms in total. The summed E-state index contributed by atoms with van der Waals surface area (Å²) in [7, 11) is 0. The van der Waals surface area contributed by atoms with Gasteiger partial charge in [0, 0.05) is 12.0 Å². The van der Waals surface area contributed by atoms with Crippen LogP contribution >= 0.6 is 0 Å². The van der Waals surface area contributed by atoms with E-state index in [4.69, 9.17) is 5.73 Å². The van der Waals surface area contributed by atoms with Crippen molar-refractivity contribution in [3.05, 3.63) is 35.6 Å². The summed E-state index contributed by atoms with van der Waals surface area (Å²) >= 11 is 0. The summed E-state index contributed by atoms with van der Waals surface area (Å²) in [6.45, 7) is 0.463. The van der Waals surface area contributed by atoms with Crippen LogP contribution in [0.15, 0.2) is 24.3 Å². The zero-order valence-electron chi connectivity index (χ0n) is 10.0. The summed E-state index contributed by atoms with van der Waals surface area (Å²) in [5.41, 5.74) is 6.25. The van der Waals surface area contributed by atoms with Gasteiger partial charge in [0.2, 0.25) is 0 Å². The van der Waals surface area contributed by atoms with Crippen LogP contribution in [0.4, 0.5) is 4.39 Å². The van der Waals surface area contributed by atoms with Gasteiger partial charge in [-0.05, 0) is 30.5 Å². The SMILES string of the molecule is NCC1(C(O)c2cccc(F)c2)CCCCC1. The van der Waals surface area contributed by atoms with Crippen LogP contribution in [0.5, 0.6) is 0 Å². The van der Waals surface area contributed by atoms with E-state index in [1.807, 2.05) is 0 Å². The van der Waals surface area contributed by atoms with Crippen molar-refractivity contribution in [2.24, 2.45) is 11.1 Å². The Morgan fingerprint density at radius 2 is 2.00 bits per heavy atom. The van der Waals surface area contributed by atoms with Crippen LogP contribution in [0.2, 0.25) is 0 Å². The molecule has 0 spiro atoms. The predicted octanol–water partition coefficient (Wildman–Crippen LogP) is 2.77. The smallest absolute Gasteiger partial charge is 0.123 e. The molecule has 1 atom stereocenters. The van der Waals surface area contributed by atoms with E-state index in [-0.39, 0.29) is 11.2 Å². The molecule has 94 valence electrons. The summed E-state index contributed by atoms with van der Waals surface area (Å²) in [6, 6.07) is 6.23. The Morgan fingerprint density at radius 3 is 2.59 bits per heavy atom. The molecule has 1 fully saturated rings. The van der Waals surface area contributed by atoms with Gasteiger partial charge in [-0.25, -0.2) is 4.39 Å². The lowest BCUT2D eigenvalue weighted by atomic mass is 9.68. The Hall–Kier alpha value is -0.930. The second kappa shape index (κ2) is 5.15. The van der Waals surface area contributed by atoms with Crippen molar-refractivity contribution in [3.8, 4) is 0 Å². The van der Waals surface area contributed by atoms with E-state index >= 15 is 0 Å². The summed E-state index contributed by atoms with van der Waals surface area (Å²) < 4.78 is 13.2. The molecule has 0 aliphatic heterocycles. The number of hydrogen-bond acceptors (Lipinski definition) is 2. The van der Waals surface area contributed by atoms with Crippen LogP contribution in [0.25, 0.3) is 0 Å². The molecule has 0 heterocycles. The van der Waals surface area contributed by atoms with Crippen molar-refractivity contribution in [1.29, 1.82) is 0 Å². The third-order valence-electron chi connectivity index (χ3n) is 4.00. The molecule has 1 aromatic carbocycles. The van der Waals surface area contributed by atoms with E-state index in [9.17, 15) is 9.50 Å². The quantitative estimate of drug-likeness (QED) is 0.849. The molecule has 1 unspecified atom stereocenters. The average Bonchev–Trinajstić information content (AvgIpc) is 2.38. The molecule has 1 aromatic rings. The van der Waals surface area contributed by atoms with Gasteiger partial charge in [0.05, 0.1) is 6.10 Å².